The van der Waals surface area contributed by atoms with E-state index < -0.39 is 11.5 Å². The van der Waals surface area contributed by atoms with Crippen molar-refractivity contribution in [3.05, 3.63) is 28.5 Å². The number of rotatable bonds is 2. The molecule has 3 N–H and O–H groups in total. The van der Waals surface area contributed by atoms with Crippen LogP contribution in [0.2, 0.25) is 0 Å². The van der Waals surface area contributed by atoms with Gasteiger partial charge >= 0.3 is 5.97 Å². The Morgan fingerprint density at radius 1 is 1.50 bits per heavy atom. The second-order valence-corrected chi connectivity index (χ2v) is 5.22. The molecule has 7 heteroatoms. The summed E-state index contributed by atoms with van der Waals surface area (Å²) in [6, 6.07) is 3.30. The number of nitrogens with zero attached hydrogens (tertiary/aromatic N) is 2. The second kappa shape index (κ2) is 4.66. The molecule has 1 aliphatic heterocycles. The summed E-state index contributed by atoms with van der Waals surface area (Å²) < 4.78 is 0.777. The van der Waals surface area contributed by atoms with Crippen LogP contribution in [0, 0.1) is 0 Å². The van der Waals surface area contributed by atoms with E-state index in [1.165, 1.54) is 11.1 Å². The Morgan fingerprint density at radius 3 is 2.72 bits per heavy atom. The number of carboxylic acid groups (broad SMARTS) is 1. The van der Waals surface area contributed by atoms with Crippen molar-refractivity contribution in [1.29, 1.82) is 0 Å². The van der Waals surface area contributed by atoms with Gasteiger partial charge < -0.3 is 15.7 Å². The average Bonchev–Trinajstić information content (AvgIpc) is 2.73. The summed E-state index contributed by atoms with van der Waals surface area (Å²) >= 11 is 3.23. The smallest absolute Gasteiger partial charge is 0.325 e. The molecule has 1 aromatic heterocycles. The van der Waals surface area contributed by atoms with Crippen LogP contribution in [0.5, 0.6) is 0 Å². The molecule has 0 spiro atoms. The maximum Gasteiger partial charge on any atom is 0.325 e. The first kappa shape index (κ1) is 13.0. The summed E-state index contributed by atoms with van der Waals surface area (Å²) in [5.74, 6) is -1.38. The molecule has 1 aromatic rings. The van der Waals surface area contributed by atoms with Crippen molar-refractivity contribution < 1.29 is 14.7 Å². The van der Waals surface area contributed by atoms with E-state index in [1.807, 2.05) is 0 Å². The lowest BCUT2D eigenvalue weighted by Gasteiger charge is -2.19. The number of likely N-dealkylation sites (tertiary alicyclic amines) is 1. The highest BCUT2D eigenvalue weighted by atomic mass is 79.9. The zero-order valence-corrected chi connectivity index (χ0v) is 11.1. The van der Waals surface area contributed by atoms with Crippen molar-refractivity contribution in [2.45, 2.75) is 12.0 Å². The molecule has 96 valence electrons. The molecule has 0 radical (unpaired) electrons. The lowest BCUT2D eigenvalue weighted by molar-refractivity contribution is -0.142. The Bertz CT molecular complexity index is 491. The number of aromatic nitrogens is 1. The van der Waals surface area contributed by atoms with Gasteiger partial charge in [-0.25, -0.2) is 4.98 Å². The van der Waals surface area contributed by atoms with Crippen LogP contribution >= 0.6 is 15.9 Å². The van der Waals surface area contributed by atoms with Crippen molar-refractivity contribution in [3.63, 3.8) is 0 Å². The molecule has 1 atom stereocenters. The normalized spacial score (nSPS) is 23.1. The summed E-state index contributed by atoms with van der Waals surface area (Å²) in [5.41, 5.74) is 4.65. The SMILES string of the molecule is NC1(C(=O)O)CCN(C(=O)c2ccc(Br)cn2)C1. The molecule has 18 heavy (non-hydrogen) atoms. The van der Waals surface area contributed by atoms with E-state index >= 15 is 0 Å². The van der Waals surface area contributed by atoms with Gasteiger partial charge in [-0.15, -0.1) is 0 Å². The minimum atomic E-state index is -1.34. The molecule has 1 aliphatic rings. The maximum atomic E-state index is 12.1. The third kappa shape index (κ3) is 2.37. The van der Waals surface area contributed by atoms with Gasteiger partial charge in [-0.3, -0.25) is 9.59 Å². The maximum absolute atomic E-state index is 12.1. The quantitative estimate of drug-likeness (QED) is 0.827. The average molecular weight is 314 g/mol. The Labute approximate surface area is 112 Å². The highest BCUT2D eigenvalue weighted by Gasteiger charge is 2.43. The van der Waals surface area contributed by atoms with Gasteiger partial charge in [-0.05, 0) is 34.5 Å². The number of halogens is 1. The molecule has 1 fully saturated rings. The molecule has 6 nitrogen and oxygen atoms in total. The minimum absolute atomic E-state index is 0.0128. The van der Waals surface area contributed by atoms with Crippen molar-refractivity contribution >= 4 is 27.8 Å². The number of pyridine rings is 1. The molecule has 1 unspecified atom stereocenters. The van der Waals surface area contributed by atoms with E-state index in [0.29, 0.717) is 6.54 Å². The monoisotopic (exact) mass is 313 g/mol. The predicted molar refractivity (Wildman–Crippen MR) is 67.0 cm³/mol. The van der Waals surface area contributed by atoms with Gasteiger partial charge in [0, 0.05) is 23.8 Å². The Kier molecular flexibility index (Phi) is 3.36. The molecule has 1 saturated heterocycles. The van der Waals surface area contributed by atoms with Crippen LogP contribution in [0.4, 0.5) is 0 Å². The van der Waals surface area contributed by atoms with Crippen LogP contribution in [0.3, 0.4) is 0 Å². The molecule has 0 bridgehead atoms. The number of carbonyl (C=O) groups is 2. The van der Waals surface area contributed by atoms with E-state index in [0.717, 1.165) is 4.47 Å². The highest BCUT2D eigenvalue weighted by Crippen LogP contribution is 2.21. The summed E-state index contributed by atoms with van der Waals surface area (Å²) in [6.07, 6.45) is 1.78. The van der Waals surface area contributed by atoms with Gasteiger partial charge in [0.15, 0.2) is 0 Å². The van der Waals surface area contributed by atoms with Gasteiger partial charge in [0.1, 0.15) is 11.2 Å². The number of aliphatic carboxylic acids is 1. The molecule has 2 heterocycles. The molecule has 0 aliphatic carbocycles. The standard InChI is InChI=1S/C11H12BrN3O3/c12-7-1-2-8(14-5-7)9(16)15-4-3-11(13,6-15)10(17)18/h1-2,5H,3-4,6,13H2,(H,17,18). The summed E-state index contributed by atoms with van der Waals surface area (Å²) in [5, 5.41) is 8.99. The number of hydrogen-bond acceptors (Lipinski definition) is 4. The van der Waals surface area contributed by atoms with Gasteiger partial charge in [0.2, 0.25) is 0 Å². The summed E-state index contributed by atoms with van der Waals surface area (Å²) in [6.45, 7) is 0.346. The van der Waals surface area contributed by atoms with Crippen molar-refractivity contribution in [2.24, 2.45) is 5.73 Å². The minimum Gasteiger partial charge on any atom is -0.480 e. The summed E-state index contributed by atoms with van der Waals surface area (Å²) in [4.78, 5) is 28.5. The van der Waals surface area contributed by atoms with Crippen LogP contribution in [-0.4, -0.2) is 45.5 Å². The van der Waals surface area contributed by atoms with Crippen LogP contribution in [0.1, 0.15) is 16.9 Å². The number of carboxylic acids is 1. The van der Waals surface area contributed by atoms with E-state index in [4.69, 9.17) is 10.8 Å². The molecular weight excluding hydrogens is 302 g/mol. The Hall–Kier alpha value is -1.47. The first-order valence-electron chi connectivity index (χ1n) is 5.35. The third-order valence-electron chi connectivity index (χ3n) is 2.96. The van der Waals surface area contributed by atoms with Crippen molar-refractivity contribution in [1.82, 2.24) is 9.88 Å². The molecule has 0 aromatic carbocycles. The lowest BCUT2D eigenvalue weighted by Crippen LogP contribution is -2.50. The zero-order valence-electron chi connectivity index (χ0n) is 9.47. The number of nitrogens with two attached hydrogens (primary N) is 1. The number of carbonyl (C=O) groups excluding carboxylic acids is 1. The topological polar surface area (TPSA) is 96.5 Å². The predicted octanol–water partition coefficient (Wildman–Crippen LogP) is 0.472. The molecule has 0 saturated carbocycles. The fourth-order valence-electron chi connectivity index (χ4n) is 1.85. The molecule has 1 amide bonds. The first-order chi connectivity index (χ1) is 8.42. The van der Waals surface area contributed by atoms with Gasteiger partial charge in [0.05, 0.1) is 0 Å². The Balaban J connectivity index is 2.12. The van der Waals surface area contributed by atoms with Crippen LogP contribution in [0.25, 0.3) is 0 Å². The van der Waals surface area contributed by atoms with Crippen LogP contribution in [-0.2, 0) is 4.79 Å². The third-order valence-corrected chi connectivity index (χ3v) is 3.43. The Morgan fingerprint density at radius 2 is 2.22 bits per heavy atom. The van der Waals surface area contributed by atoms with E-state index in [2.05, 4.69) is 20.9 Å². The van der Waals surface area contributed by atoms with Crippen LogP contribution < -0.4 is 5.73 Å². The first-order valence-corrected chi connectivity index (χ1v) is 6.15. The van der Waals surface area contributed by atoms with E-state index in [9.17, 15) is 9.59 Å². The van der Waals surface area contributed by atoms with Gasteiger partial charge in [0.25, 0.3) is 5.91 Å². The number of amides is 1. The fraction of sp³-hybridized carbons (Fsp3) is 0.364. The highest BCUT2D eigenvalue weighted by molar-refractivity contribution is 9.10. The van der Waals surface area contributed by atoms with E-state index in [1.54, 1.807) is 12.1 Å². The second-order valence-electron chi connectivity index (χ2n) is 4.30. The lowest BCUT2D eigenvalue weighted by atomic mass is 10.0. The zero-order chi connectivity index (χ0) is 13.3. The molecule has 2 rings (SSSR count). The van der Waals surface area contributed by atoms with Gasteiger partial charge in [-0.1, -0.05) is 0 Å². The summed E-state index contributed by atoms with van der Waals surface area (Å²) in [7, 11) is 0. The van der Waals surface area contributed by atoms with Crippen molar-refractivity contribution in [2.75, 3.05) is 13.1 Å². The fourth-order valence-corrected chi connectivity index (χ4v) is 2.08. The number of hydrogen-bond donors (Lipinski definition) is 2. The van der Waals surface area contributed by atoms with Crippen LogP contribution in [0.15, 0.2) is 22.8 Å². The largest absolute Gasteiger partial charge is 0.480 e. The van der Waals surface area contributed by atoms with Crippen molar-refractivity contribution in [3.8, 4) is 0 Å². The molecular formula is C11H12BrN3O3. The van der Waals surface area contributed by atoms with Gasteiger partial charge in [-0.2, -0.15) is 0 Å². The van der Waals surface area contributed by atoms with E-state index in [-0.39, 0.29) is 24.6 Å².